The highest BCUT2D eigenvalue weighted by atomic mass is 19.4. The number of amides is 1. The van der Waals surface area contributed by atoms with E-state index in [1.54, 1.807) is 0 Å². The molecule has 0 saturated carbocycles. The van der Waals surface area contributed by atoms with Crippen LogP contribution >= 0.6 is 0 Å². The molecular formula is C21H17F5N2O3. The molecule has 10 heteroatoms. The second-order valence-corrected chi connectivity index (χ2v) is 6.79. The topological polar surface area (TPSA) is 64.4 Å². The maximum Gasteiger partial charge on any atom is 0.416 e. The predicted molar refractivity (Wildman–Crippen MR) is 100 cm³/mol. The van der Waals surface area contributed by atoms with E-state index in [-0.39, 0.29) is 34.0 Å². The van der Waals surface area contributed by atoms with Crippen molar-refractivity contribution in [3.63, 3.8) is 0 Å². The van der Waals surface area contributed by atoms with Crippen molar-refractivity contribution < 1.29 is 35.9 Å². The standard InChI is InChI=1S/C21H17F5N2O3/c1-10-16(22)6-12(7-17(10)23)11(2)27-19(29)18-9-31-20(28-18)13-4-14(21(24,25)26)8-15(5-13)30-3/h4-9,11H,1-3H3,(H,27,29)/t11-/m1/s1. The highest BCUT2D eigenvalue weighted by Gasteiger charge is 2.32. The lowest BCUT2D eigenvalue weighted by Gasteiger charge is -2.14. The summed E-state index contributed by atoms with van der Waals surface area (Å²) in [5.74, 6) is -2.53. The summed E-state index contributed by atoms with van der Waals surface area (Å²) in [5, 5.41) is 2.51. The molecule has 31 heavy (non-hydrogen) atoms. The first-order chi connectivity index (χ1) is 14.5. The molecule has 0 saturated heterocycles. The van der Waals surface area contributed by atoms with Gasteiger partial charge in [0.05, 0.1) is 18.7 Å². The average Bonchev–Trinajstić information content (AvgIpc) is 3.21. The SMILES string of the molecule is COc1cc(-c2nc(C(=O)N[C@H](C)c3cc(F)c(C)c(F)c3)co2)cc(C(F)(F)F)c1. The normalized spacial score (nSPS) is 12.5. The fraction of sp³-hybridized carbons (Fsp3) is 0.238. The van der Waals surface area contributed by atoms with Gasteiger partial charge < -0.3 is 14.5 Å². The molecule has 3 aromatic rings. The lowest BCUT2D eigenvalue weighted by Crippen LogP contribution is -2.27. The Morgan fingerprint density at radius 3 is 2.35 bits per heavy atom. The molecule has 1 atom stereocenters. The zero-order chi connectivity index (χ0) is 22.9. The molecule has 0 spiro atoms. The lowest BCUT2D eigenvalue weighted by atomic mass is 10.1. The van der Waals surface area contributed by atoms with Gasteiger partial charge in [-0.25, -0.2) is 13.8 Å². The van der Waals surface area contributed by atoms with Gasteiger partial charge in [-0.1, -0.05) is 0 Å². The smallest absolute Gasteiger partial charge is 0.416 e. The van der Waals surface area contributed by atoms with Crippen LogP contribution in [0.1, 0.15) is 40.1 Å². The molecular weight excluding hydrogens is 423 g/mol. The van der Waals surface area contributed by atoms with Gasteiger partial charge in [-0.05, 0) is 49.7 Å². The molecule has 1 heterocycles. The van der Waals surface area contributed by atoms with Crippen molar-refractivity contribution in [3.8, 4) is 17.2 Å². The van der Waals surface area contributed by atoms with E-state index in [9.17, 15) is 26.7 Å². The maximum atomic E-state index is 13.8. The van der Waals surface area contributed by atoms with E-state index in [4.69, 9.17) is 9.15 Å². The van der Waals surface area contributed by atoms with E-state index in [1.165, 1.54) is 27.0 Å². The molecule has 1 N–H and O–H groups in total. The van der Waals surface area contributed by atoms with E-state index in [0.717, 1.165) is 30.5 Å². The quantitative estimate of drug-likeness (QED) is 0.536. The molecule has 0 unspecified atom stereocenters. The number of carbonyl (C=O) groups is 1. The molecule has 0 bridgehead atoms. The molecule has 3 rings (SSSR count). The number of methoxy groups -OCH3 is 1. The highest BCUT2D eigenvalue weighted by molar-refractivity contribution is 5.92. The Morgan fingerprint density at radius 1 is 1.13 bits per heavy atom. The third kappa shape index (κ3) is 4.84. The number of hydrogen-bond acceptors (Lipinski definition) is 4. The number of ether oxygens (including phenoxy) is 1. The van der Waals surface area contributed by atoms with E-state index >= 15 is 0 Å². The van der Waals surface area contributed by atoms with Crippen LogP contribution in [0.2, 0.25) is 0 Å². The molecule has 164 valence electrons. The van der Waals surface area contributed by atoms with E-state index in [1.807, 2.05) is 0 Å². The van der Waals surface area contributed by atoms with Crippen LogP contribution in [0.25, 0.3) is 11.5 Å². The minimum absolute atomic E-state index is 0.0403. The molecule has 0 radical (unpaired) electrons. The van der Waals surface area contributed by atoms with Crippen molar-refractivity contribution in [1.29, 1.82) is 0 Å². The van der Waals surface area contributed by atoms with Gasteiger partial charge in [0, 0.05) is 11.1 Å². The molecule has 0 aliphatic heterocycles. The van der Waals surface area contributed by atoms with Crippen LogP contribution in [0.3, 0.4) is 0 Å². The van der Waals surface area contributed by atoms with Crippen LogP contribution in [-0.4, -0.2) is 18.0 Å². The van der Waals surface area contributed by atoms with Crippen LogP contribution in [-0.2, 0) is 6.18 Å². The second kappa shape index (κ2) is 8.37. The van der Waals surface area contributed by atoms with Crippen molar-refractivity contribution in [1.82, 2.24) is 10.3 Å². The van der Waals surface area contributed by atoms with Crippen molar-refractivity contribution in [3.05, 3.63) is 70.6 Å². The van der Waals surface area contributed by atoms with Gasteiger partial charge in [-0.2, -0.15) is 13.2 Å². The molecule has 1 aromatic heterocycles. The Hall–Kier alpha value is -3.43. The summed E-state index contributed by atoms with van der Waals surface area (Å²) in [5.41, 5.74) is -1.17. The van der Waals surface area contributed by atoms with Crippen molar-refractivity contribution in [2.24, 2.45) is 0 Å². The van der Waals surface area contributed by atoms with E-state index in [2.05, 4.69) is 10.3 Å². The average molecular weight is 440 g/mol. The molecule has 0 fully saturated rings. The van der Waals surface area contributed by atoms with Crippen LogP contribution in [0.15, 0.2) is 41.0 Å². The van der Waals surface area contributed by atoms with E-state index < -0.39 is 35.3 Å². The zero-order valence-electron chi connectivity index (χ0n) is 16.6. The van der Waals surface area contributed by atoms with Crippen molar-refractivity contribution in [2.75, 3.05) is 7.11 Å². The van der Waals surface area contributed by atoms with Gasteiger partial charge in [0.25, 0.3) is 5.91 Å². The lowest BCUT2D eigenvalue weighted by molar-refractivity contribution is -0.137. The van der Waals surface area contributed by atoms with E-state index in [0.29, 0.717) is 0 Å². The first kappa shape index (κ1) is 22.3. The fourth-order valence-corrected chi connectivity index (χ4v) is 2.78. The van der Waals surface area contributed by atoms with Gasteiger partial charge in [0.2, 0.25) is 5.89 Å². The summed E-state index contributed by atoms with van der Waals surface area (Å²) >= 11 is 0. The minimum atomic E-state index is -4.62. The number of nitrogens with zero attached hydrogens (tertiary/aromatic N) is 1. The van der Waals surface area contributed by atoms with Crippen LogP contribution in [0, 0.1) is 18.6 Å². The summed E-state index contributed by atoms with van der Waals surface area (Å²) in [6.07, 6.45) is -3.65. The van der Waals surface area contributed by atoms with Gasteiger partial charge >= 0.3 is 6.18 Å². The summed E-state index contributed by atoms with van der Waals surface area (Å²) in [6, 6.07) is 4.35. The number of benzene rings is 2. The summed E-state index contributed by atoms with van der Waals surface area (Å²) in [4.78, 5) is 16.4. The Balaban J connectivity index is 1.83. The molecule has 2 aromatic carbocycles. The van der Waals surface area contributed by atoms with Crippen molar-refractivity contribution in [2.45, 2.75) is 26.1 Å². The summed E-state index contributed by atoms with van der Waals surface area (Å²) in [7, 11) is 1.21. The van der Waals surface area contributed by atoms with Gasteiger partial charge in [-0.3, -0.25) is 4.79 Å². The fourth-order valence-electron chi connectivity index (χ4n) is 2.78. The molecule has 0 aliphatic rings. The molecule has 1 amide bonds. The Bertz CT molecular complexity index is 1100. The van der Waals surface area contributed by atoms with Crippen LogP contribution in [0.5, 0.6) is 5.75 Å². The highest BCUT2D eigenvalue weighted by Crippen LogP contribution is 2.35. The largest absolute Gasteiger partial charge is 0.497 e. The molecule has 0 aliphatic carbocycles. The zero-order valence-corrected chi connectivity index (χ0v) is 16.6. The number of carbonyl (C=O) groups excluding carboxylic acids is 1. The van der Waals surface area contributed by atoms with Crippen molar-refractivity contribution >= 4 is 5.91 Å². The number of oxazole rings is 1. The third-order valence-electron chi connectivity index (χ3n) is 4.60. The minimum Gasteiger partial charge on any atom is -0.497 e. The monoisotopic (exact) mass is 440 g/mol. The predicted octanol–water partition coefficient (Wildman–Crippen LogP) is 5.45. The summed E-state index contributed by atoms with van der Waals surface area (Å²) < 4.78 is 76.9. The van der Waals surface area contributed by atoms with Gasteiger partial charge in [-0.15, -0.1) is 0 Å². The van der Waals surface area contributed by atoms with Gasteiger partial charge in [0.15, 0.2) is 5.69 Å². The first-order valence-electron chi connectivity index (χ1n) is 8.98. The first-order valence-corrected chi connectivity index (χ1v) is 8.98. The number of halogens is 5. The summed E-state index contributed by atoms with van der Waals surface area (Å²) in [6.45, 7) is 2.80. The number of rotatable bonds is 5. The maximum absolute atomic E-state index is 13.8. The number of aromatic nitrogens is 1. The van der Waals surface area contributed by atoms with Gasteiger partial charge in [0.1, 0.15) is 23.6 Å². The molecule has 5 nitrogen and oxygen atoms in total. The van der Waals surface area contributed by atoms with Crippen LogP contribution < -0.4 is 10.1 Å². The Morgan fingerprint density at radius 2 is 1.77 bits per heavy atom. The van der Waals surface area contributed by atoms with Crippen LogP contribution in [0.4, 0.5) is 22.0 Å². The number of nitrogens with one attached hydrogen (secondary N) is 1. The Kier molecular flexibility index (Phi) is 6.01. The second-order valence-electron chi connectivity index (χ2n) is 6.79. The third-order valence-corrected chi connectivity index (χ3v) is 4.60. The number of hydrogen-bond donors (Lipinski definition) is 1. The Labute approximate surface area is 173 Å². The number of alkyl halides is 3.